The number of rotatable bonds is 6. The number of benzene rings is 2. The summed E-state index contributed by atoms with van der Waals surface area (Å²) in [5, 5.41) is 0. The van der Waals surface area contributed by atoms with Crippen LogP contribution in [0.3, 0.4) is 0 Å². The first kappa shape index (κ1) is 21.7. The average Bonchev–Trinajstić information content (AvgIpc) is 3.03. The van der Waals surface area contributed by atoms with E-state index in [-0.39, 0.29) is 17.0 Å². The van der Waals surface area contributed by atoms with Crippen molar-refractivity contribution in [3.05, 3.63) is 52.8 Å². The minimum absolute atomic E-state index is 0.108. The zero-order valence-corrected chi connectivity index (χ0v) is 18.2. The highest BCUT2D eigenvalue weighted by molar-refractivity contribution is 7.90. The number of carbonyl (C=O) groups excluding carboxylic acids is 2. The first-order valence-corrected chi connectivity index (χ1v) is 11.7. The average molecular weight is 449 g/mol. The molecule has 3 rings (SSSR count). The lowest BCUT2D eigenvalue weighted by atomic mass is 10.2. The smallest absolute Gasteiger partial charge is 0.325 e. The van der Waals surface area contributed by atoms with E-state index in [2.05, 4.69) is 4.99 Å². The van der Waals surface area contributed by atoms with Gasteiger partial charge in [0.15, 0.2) is 14.6 Å². The summed E-state index contributed by atoms with van der Waals surface area (Å²) >= 11 is 1.24. The predicted molar refractivity (Wildman–Crippen MR) is 112 cm³/mol. The van der Waals surface area contributed by atoms with Crippen molar-refractivity contribution in [2.75, 3.05) is 20.0 Å². The number of methoxy groups -OCH3 is 1. The van der Waals surface area contributed by atoms with Crippen LogP contribution in [0.2, 0.25) is 0 Å². The van der Waals surface area contributed by atoms with Crippen LogP contribution in [0.4, 0.5) is 0 Å². The van der Waals surface area contributed by atoms with Crippen molar-refractivity contribution in [3.63, 3.8) is 0 Å². The van der Waals surface area contributed by atoms with E-state index in [1.165, 1.54) is 42.7 Å². The van der Waals surface area contributed by atoms with E-state index < -0.39 is 21.7 Å². The second-order valence-corrected chi connectivity index (χ2v) is 9.35. The van der Waals surface area contributed by atoms with E-state index in [1.807, 2.05) is 13.0 Å². The van der Waals surface area contributed by atoms with Gasteiger partial charge in [0.1, 0.15) is 12.3 Å². The number of aromatic nitrogens is 1. The molecule has 0 bridgehead atoms. The number of sulfone groups is 1. The summed E-state index contributed by atoms with van der Waals surface area (Å²) in [5.41, 5.74) is 0.951. The van der Waals surface area contributed by atoms with Gasteiger partial charge in [0.05, 0.1) is 28.8 Å². The summed E-state index contributed by atoms with van der Waals surface area (Å²) in [6.07, 6.45) is 1.09. The van der Waals surface area contributed by atoms with Crippen LogP contribution in [0.25, 0.3) is 10.2 Å². The second kappa shape index (κ2) is 8.80. The highest BCUT2D eigenvalue weighted by atomic mass is 32.2. The third kappa shape index (κ3) is 4.77. The lowest BCUT2D eigenvalue weighted by molar-refractivity contribution is -0.141. The molecule has 10 heteroatoms. The molecule has 30 heavy (non-hydrogen) atoms. The number of amides is 1. The van der Waals surface area contributed by atoms with E-state index in [0.29, 0.717) is 22.7 Å². The number of nitrogens with zero attached hydrogens (tertiary/aromatic N) is 2. The summed E-state index contributed by atoms with van der Waals surface area (Å²) < 4.78 is 35.9. The molecule has 0 aliphatic rings. The fraction of sp³-hybridized carbons (Fsp3) is 0.250. The number of hydrogen-bond acceptors (Lipinski definition) is 7. The Labute approximate surface area is 177 Å². The van der Waals surface area contributed by atoms with Crippen LogP contribution in [0.5, 0.6) is 5.75 Å². The molecular weight excluding hydrogens is 428 g/mol. The molecule has 0 saturated carbocycles. The Hall–Kier alpha value is -2.98. The molecule has 0 unspecified atom stereocenters. The van der Waals surface area contributed by atoms with E-state index in [9.17, 15) is 18.0 Å². The Bertz CT molecular complexity index is 1270. The number of esters is 1. The molecule has 2 aromatic carbocycles. The Balaban J connectivity index is 2.07. The maximum Gasteiger partial charge on any atom is 0.325 e. The monoisotopic (exact) mass is 448 g/mol. The Kier molecular flexibility index (Phi) is 6.37. The van der Waals surface area contributed by atoms with Gasteiger partial charge in [-0.15, -0.1) is 0 Å². The maximum atomic E-state index is 12.7. The summed E-state index contributed by atoms with van der Waals surface area (Å²) in [6.45, 7) is 2.28. The lowest BCUT2D eigenvalue weighted by Crippen LogP contribution is -2.22. The Morgan fingerprint density at radius 1 is 1.13 bits per heavy atom. The van der Waals surface area contributed by atoms with Gasteiger partial charge in [0.2, 0.25) is 0 Å². The number of fused-ring (bicyclic) bond motifs is 1. The largest absolute Gasteiger partial charge is 0.494 e. The van der Waals surface area contributed by atoms with Crippen LogP contribution < -0.4 is 9.54 Å². The molecular formula is C20H20N2O6S2. The fourth-order valence-corrected chi connectivity index (χ4v) is 4.42. The highest BCUT2D eigenvalue weighted by Crippen LogP contribution is 2.23. The quantitative estimate of drug-likeness (QED) is 0.537. The fourth-order valence-electron chi connectivity index (χ4n) is 2.74. The standard InChI is InChI=1S/C20H20N2O6S2/c1-4-28-14-7-10-16-17(11-14)29-20(22(16)12-18(23)27-2)21-19(24)13-5-8-15(9-6-13)30(3,25)26/h5-11H,4,12H2,1-3H3. The third-order valence-corrected chi connectivity index (χ3v) is 6.38. The molecule has 1 aromatic heterocycles. The molecule has 0 aliphatic carbocycles. The number of hydrogen-bond donors (Lipinski definition) is 0. The molecule has 0 radical (unpaired) electrons. The van der Waals surface area contributed by atoms with Gasteiger partial charge >= 0.3 is 5.97 Å². The van der Waals surface area contributed by atoms with Crippen LogP contribution >= 0.6 is 11.3 Å². The highest BCUT2D eigenvalue weighted by Gasteiger charge is 2.14. The van der Waals surface area contributed by atoms with Gasteiger partial charge in [0, 0.05) is 11.8 Å². The predicted octanol–water partition coefficient (Wildman–Crippen LogP) is 2.42. The number of ether oxygens (including phenoxy) is 2. The van der Waals surface area contributed by atoms with Crippen molar-refractivity contribution < 1.29 is 27.5 Å². The zero-order chi connectivity index (χ0) is 21.9. The topological polar surface area (TPSA) is 104 Å². The van der Waals surface area contributed by atoms with Gasteiger partial charge in [-0.2, -0.15) is 4.99 Å². The van der Waals surface area contributed by atoms with Gasteiger partial charge < -0.3 is 14.0 Å². The SMILES string of the molecule is CCOc1ccc2c(c1)sc(=NC(=O)c1ccc(S(C)(=O)=O)cc1)n2CC(=O)OC. The van der Waals surface area contributed by atoms with E-state index in [0.717, 1.165) is 11.0 Å². The number of thiazole rings is 1. The molecule has 0 aliphatic heterocycles. The third-order valence-electron chi connectivity index (χ3n) is 4.21. The Morgan fingerprint density at radius 3 is 2.43 bits per heavy atom. The van der Waals surface area contributed by atoms with Crippen LogP contribution in [0.15, 0.2) is 52.4 Å². The molecule has 1 amide bonds. The second-order valence-electron chi connectivity index (χ2n) is 6.32. The summed E-state index contributed by atoms with van der Waals surface area (Å²) in [5.74, 6) is -0.356. The van der Waals surface area contributed by atoms with Crippen molar-refractivity contribution in [2.24, 2.45) is 4.99 Å². The normalized spacial score (nSPS) is 12.2. The maximum absolute atomic E-state index is 12.7. The molecule has 1 heterocycles. The molecule has 3 aromatic rings. The molecule has 8 nitrogen and oxygen atoms in total. The van der Waals surface area contributed by atoms with Crippen molar-refractivity contribution in [2.45, 2.75) is 18.4 Å². The van der Waals surface area contributed by atoms with E-state index in [1.54, 1.807) is 16.7 Å². The number of carbonyl (C=O) groups is 2. The molecule has 158 valence electrons. The lowest BCUT2D eigenvalue weighted by Gasteiger charge is -2.05. The van der Waals surface area contributed by atoms with E-state index in [4.69, 9.17) is 9.47 Å². The summed E-state index contributed by atoms with van der Waals surface area (Å²) in [7, 11) is -2.07. The van der Waals surface area contributed by atoms with Crippen molar-refractivity contribution in [1.29, 1.82) is 0 Å². The molecule has 0 N–H and O–H groups in total. The first-order valence-electron chi connectivity index (χ1n) is 8.95. The van der Waals surface area contributed by atoms with E-state index >= 15 is 0 Å². The van der Waals surface area contributed by atoms with Gasteiger partial charge in [-0.25, -0.2) is 8.42 Å². The Morgan fingerprint density at radius 2 is 1.83 bits per heavy atom. The minimum Gasteiger partial charge on any atom is -0.494 e. The molecule has 0 atom stereocenters. The first-order chi connectivity index (χ1) is 14.2. The summed E-state index contributed by atoms with van der Waals surface area (Å²) in [4.78, 5) is 29.2. The van der Waals surface area contributed by atoms with Crippen LogP contribution in [-0.4, -0.2) is 44.8 Å². The molecule has 0 spiro atoms. The molecule has 0 saturated heterocycles. The zero-order valence-electron chi connectivity index (χ0n) is 16.6. The van der Waals surface area contributed by atoms with Gasteiger partial charge in [-0.1, -0.05) is 11.3 Å². The van der Waals surface area contributed by atoms with Crippen molar-refractivity contribution in [1.82, 2.24) is 4.57 Å². The van der Waals surface area contributed by atoms with Crippen molar-refractivity contribution in [3.8, 4) is 5.75 Å². The molecule has 0 fully saturated rings. The minimum atomic E-state index is -3.36. The van der Waals surface area contributed by atoms with Gasteiger partial charge in [-0.3, -0.25) is 9.59 Å². The summed E-state index contributed by atoms with van der Waals surface area (Å²) in [6, 6.07) is 10.9. The van der Waals surface area contributed by atoms with Crippen molar-refractivity contribution >= 4 is 43.3 Å². The van der Waals surface area contributed by atoms with Crippen LogP contribution in [0, 0.1) is 0 Å². The van der Waals surface area contributed by atoms with Gasteiger partial charge in [-0.05, 0) is 49.4 Å². The van der Waals surface area contributed by atoms with Crippen LogP contribution in [-0.2, 0) is 25.9 Å². The van der Waals surface area contributed by atoms with Gasteiger partial charge in [0.25, 0.3) is 5.91 Å². The van der Waals surface area contributed by atoms with Crippen LogP contribution in [0.1, 0.15) is 17.3 Å².